The maximum absolute atomic E-state index is 14.6. The van der Waals surface area contributed by atoms with Gasteiger partial charge in [0, 0.05) is 22.3 Å². The zero-order valence-corrected chi connectivity index (χ0v) is 19.5. The van der Waals surface area contributed by atoms with Gasteiger partial charge in [0.25, 0.3) is 0 Å². The van der Waals surface area contributed by atoms with Gasteiger partial charge in [-0.1, -0.05) is 35.9 Å². The number of halogens is 3. The second-order valence-electron chi connectivity index (χ2n) is 8.54. The van der Waals surface area contributed by atoms with E-state index >= 15 is 0 Å². The molecule has 0 aliphatic rings. The number of ether oxygens (including phenoxy) is 1. The van der Waals surface area contributed by atoms with E-state index in [1.165, 1.54) is 30.5 Å². The largest absolute Gasteiger partial charge is 0.460 e. The highest BCUT2D eigenvalue weighted by Gasteiger charge is 2.40. The van der Waals surface area contributed by atoms with Crippen LogP contribution in [-0.4, -0.2) is 28.1 Å². The molecule has 0 aliphatic heterocycles. The maximum atomic E-state index is 14.6. The molecule has 178 valence electrons. The summed E-state index contributed by atoms with van der Waals surface area (Å²) in [6, 6.07) is 10.9. The van der Waals surface area contributed by atoms with Gasteiger partial charge in [0.2, 0.25) is 6.41 Å². The highest BCUT2D eigenvalue weighted by molar-refractivity contribution is 6.31. The Balaban J connectivity index is 2.31. The molecule has 0 radical (unpaired) electrons. The number of nitrogens with one attached hydrogen (secondary N) is 1. The number of esters is 1. The van der Waals surface area contributed by atoms with Crippen molar-refractivity contribution in [1.29, 1.82) is 0 Å². The summed E-state index contributed by atoms with van der Waals surface area (Å²) >= 11 is 6.37. The van der Waals surface area contributed by atoms with Crippen molar-refractivity contribution in [2.24, 2.45) is 0 Å². The van der Waals surface area contributed by atoms with Gasteiger partial charge in [-0.25, -0.2) is 8.78 Å². The molecule has 0 saturated heterocycles. The van der Waals surface area contributed by atoms with Crippen LogP contribution in [0.4, 0.5) is 14.5 Å². The fraction of sp³-hybridized carbons (Fsp3) is 0.240. The molecular formula is C25H23ClF2N2O4. The first-order valence-corrected chi connectivity index (χ1v) is 10.7. The molecule has 1 aromatic heterocycles. The first-order chi connectivity index (χ1) is 16.0. The van der Waals surface area contributed by atoms with Crippen LogP contribution in [0.2, 0.25) is 5.02 Å². The summed E-state index contributed by atoms with van der Waals surface area (Å²) in [6.07, 6.45) is 0.886. The Bertz CT molecular complexity index is 1210. The number of benzene rings is 2. The van der Waals surface area contributed by atoms with E-state index in [0.29, 0.717) is 0 Å². The number of rotatable bonds is 7. The second kappa shape index (κ2) is 9.87. The smallest absolute Gasteiger partial charge is 0.309 e. The van der Waals surface area contributed by atoms with Gasteiger partial charge in [0.1, 0.15) is 28.5 Å². The molecule has 9 heteroatoms. The van der Waals surface area contributed by atoms with Crippen molar-refractivity contribution in [3.05, 3.63) is 82.5 Å². The average molecular weight is 489 g/mol. The molecule has 0 bridgehead atoms. The maximum Gasteiger partial charge on any atom is 0.309 e. The zero-order valence-electron chi connectivity index (χ0n) is 18.7. The van der Waals surface area contributed by atoms with Crippen molar-refractivity contribution in [3.8, 4) is 11.3 Å². The molecule has 1 amide bonds. The molecule has 0 fully saturated rings. The molecule has 6 nitrogen and oxygen atoms in total. The molecule has 1 heterocycles. The third kappa shape index (κ3) is 5.24. The number of anilines is 1. The summed E-state index contributed by atoms with van der Waals surface area (Å²) in [6.45, 7) is 5.01. The van der Waals surface area contributed by atoms with Gasteiger partial charge >= 0.3 is 5.97 Å². The predicted octanol–water partition coefficient (Wildman–Crippen LogP) is 5.22. The topological polar surface area (TPSA) is 88.5 Å². The molecule has 0 spiro atoms. The van der Waals surface area contributed by atoms with Gasteiger partial charge in [0.05, 0.1) is 17.7 Å². The molecule has 3 aromatic rings. The lowest BCUT2D eigenvalue weighted by Gasteiger charge is -2.32. The average Bonchev–Trinajstić information content (AvgIpc) is 2.73. The fourth-order valence-corrected chi connectivity index (χ4v) is 3.94. The van der Waals surface area contributed by atoms with E-state index < -0.39 is 40.8 Å². The van der Waals surface area contributed by atoms with Crippen LogP contribution in [0.1, 0.15) is 38.3 Å². The Morgan fingerprint density at radius 2 is 1.74 bits per heavy atom. The zero-order chi connectivity index (χ0) is 25.1. The highest BCUT2D eigenvalue weighted by atomic mass is 35.5. The van der Waals surface area contributed by atoms with E-state index in [4.69, 9.17) is 16.3 Å². The van der Waals surface area contributed by atoms with Gasteiger partial charge < -0.3 is 15.2 Å². The minimum Gasteiger partial charge on any atom is -0.460 e. The van der Waals surface area contributed by atoms with Crippen LogP contribution in [-0.2, 0) is 19.9 Å². The number of nitrogens with zero attached hydrogens (tertiary/aromatic N) is 1. The number of pyridine rings is 1. The lowest BCUT2D eigenvalue weighted by molar-refractivity contribution is -0.159. The highest BCUT2D eigenvalue weighted by Crippen LogP contribution is 2.44. The first-order valence-electron chi connectivity index (χ1n) is 10.3. The van der Waals surface area contributed by atoms with E-state index in [2.05, 4.69) is 10.3 Å². The van der Waals surface area contributed by atoms with Crippen molar-refractivity contribution in [2.45, 2.75) is 38.4 Å². The normalized spacial score (nSPS) is 13.1. The predicted molar refractivity (Wildman–Crippen MR) is 124 cm³/mol. The molecule has 0 aliphatic carbocycles. The van der Waals surface area contributed by atoms with Gasteiger partial charge in [-0.3, -0.25) is 14.6 Å². The molecule has 34 heavy (non-hydrogen) atoms. The Morgan fingerprint density at radius 3 is 2.32 bits per heavy atom. The summed E-state index contributed by atoms with van der Waals surface area (Å²) in [5.41, 5.74) is -3.88. The minimum absolute atomic E-state index is 0.0498. The molecule has 2 N–H and O–H groups in total. The van der Waals surface area contributed by atoms with Crippen molar-refractivity contribution < 1.29 is 28.2 Å². The molecule has 3 rings (SSSR count). The summed E-state index contributed by atoms with van der Waals surface area (Å²) < 4.78 is 34.6. The number of carbonyl (C=O) groups is 2. The number of aromatic nitrogens is 1. The number of carbonyl (C=O) groups excluding carboxylic acids is 2. The van der Waals surface area contributed by atoms with Crippen LogP contribution in [0.5, 0.6) is 0 Å². The van der Waals surface area contributed by atoms with Crippen LogP contribution in [0.3, 0.4) is 0 Å². The number of amides is 1. The molecule has 0 saturated carbocycles. The SMILES string of the molecule is CC(C)(C)OC(=O)CC(O)(c1ccccc1Cl)c1ccnc(-c2c(F)cccc2F)c1NC=O. The molecule has 1 atom stereocenters. The van der Waals surface area contributed by atoms with E-state index in [-0.39, 0.29) is 33.9 Å². The van der Waals surface area contributed by atoms with Gasteiger partial charge in [0.15, 0.2) is 0 Å². The van der Waals surface area contributed by atoms with E-state index in [1.807, 2.05) is 0 Å². The Morgan fingerprint density at radius 1 is 1.09 bits per heavy atom. The fourth-order valence-electron chi connectivity index (χ4n) is 3.64. The van der Waals surface area contributed by atoms with Crippen molar-refractivity contribution in [3.63, 3.8) is 0 Å². The minimum atomic E-state index is -2.15. The van der Waals surface area contributed by atoms with Crippen LogP contribution in [0, 0.1) is 11.6 Å². The van der Waals surface area contributed by atoms with Crippen molar-refractivity contribution >= 4 is 29.7 Å². The van der Waals surface area contributed by atoms with Crippen LogP contribution in [0.15, 0.2) is 54.7 Å². The Kier molecular flexibility index (Phi) is 7.33. The molecular weight excluding hydrogens is 466 g/mol. The first kappa shape index (κ1) is 25.3. The van der Waals surface area contributed by atoms with Gasteiger partial charge in [-0.15, -0.1) is 0 Å². The van der Waals surface area contributed by atoms with Gasteiger partial charge in [-0.2, -0.15) is 0 Å². The summed E-state index contributed by atoms with van der Waals surface area (Å²) in [5.74, 6) is -2.61. The Hall–Kier alpha value is -3.36. The monoisotopic (exact) mass is 488 g/mol. The quantitative estimate of drug-likeness (QED) is 0.352. The van der Waals surface area contributed by atoms with Crippen LogP contribution < -0.4 is 5.32 Å². The van der Waals surface area contributed by atoms with Crippen molar-refractivity contribution in [2.75, 3.05) is 5.32 Å². The number of hydrogen-bond donors (Lipinski definition) is 2. The Labute approximate surface area is 200 Å². The van der Waals surface area contributed by atoms with Gasteiger partial charge in [-0.05, 0) is 45.0 Å². The van der Waals surface area contributed by atoms with E-state index in [0.717, 1.165) is 12.1 Å². The molecule has 1 unspecified atom stereocenters. The summed E-state index contributed by atoms with van der Waals surface area (Å²) in [5, 5.41) is 14.5. The second-order valence-corrected chi connectivity index (χ2v) is 8.95. The summed E-state index contributed by atoms with van der Waals surface area (Å²) in [4.78, 5) is 28.4. The third-order valence-corrected chi connectivity index (χ3v) is 5.27. The third-order valence-electron chi connectivity index (χ3n) is 4.94. The van der Waals surface area contributed by atoms with Crippen molar-refractivity contribution in [1.82, 2.24) is 4.98 Å². The standard InChI is InChI=1S/C25H23ClF2N2O4/c1-24(2,3)34-20(32)13-25(33,15-7-4-5-8-17(15)26)16-11-12-29-23(22(16)30-14-31)21-18(27)9-6-10-19(21)28/h4-12,14,33H,13H2,1-3H3,(H,30,31). The summed E-state index contributed by atoms with van der Waals surface area (Å²) in [7, 11) is 0. The number of hydrogen-bond acceptors (Lipinski definition) is 5. The van der Waals surface area contributed by atoms with E-state index in [1.54, 1.807) is 32.9 Å². The lowest BCUT2D eigenvalue weighted by atomic mass is 9.82. The van der Waals surface area contributed by atoms with E-state index in [9.17, 15) is 23.5 Å². The van der Waals surface area contributed by atoms with Crippen LogP contribution in [0.25, 0.3) is 11.3 Å². The lowest BCUT2D eigenvalue weighted by Crippen LogP contribution is -2.35. The number of aliphatic hydroxyl groups is 1. The van der Waals surface area contributed by atoms with Crippen LogP contribution >= 0.6 is 11.6 Å². The molecule has 2 aromatic carbocycles.